The van der Waals surface area contributed by atoms with Crippen LogP contribution in [0.4, 0.5) is 11.6 Å². The van der Waals surface area contributed by atoms with Crippen molar-refractivity contribution in [2.45, 2.75) is 44.8 Å². The molecule has 1 fully saturated rings. The van der Waals surface area contributed by atoms with Crippen molar-refractivity contribution < 1.29 is 19.4 Å². The third-order valence-corrected chi connectivity index (χ3v) is 5.55. The topological polar surface area (TPSA) is 132 Å². The highest BCUT2D eigenvalue weighted by Gasteiger charge is 2.25. The molecule has 1 aliphatic carbocycles. The average Bonchev–Trinajstić information content (AvgIpc) is 2.75. The van der Waals surface area contributed by atoms with E-state index in [1.165, 1.54) is 0 Å². The van der Waals surface area contributed by atoms with Gasteiger partial charge in [0.05, 0.1) is 35.5 Å². The van der Waals surface area contributed by atoms with Gasteiger partial charge in [-0.25, -0.2) is 9.78 Å². The lowest BCUT2D eigenvalue weighted by Crippen LogP contribution is -2.31. The summed E-state index contributed by atoms with van der Waals surface area (Å²) in [7, 11) is 1.57. The lowest BCUT2D eigenvalue weighted by Gasteiger charge is -2.30. The van der Waals surface area contributed by atoms with Crippen molar-refractivity contribution in [3.8, 4) is 11.6 Å². The maximum Gasteiger partial charge on any atom is 0.339 e. The number of hydrogen-bond donors (Lipinski definition) is 3. The second kappa shape index (κ2) is 8.63. The normalized spacial score (nSPS) is 18.5. The molecule has 9 heteroatoms. The number of hydrogen-bond acceptors (Lipinski definition) is 8. The molecule has 0 bridgehead atoms. The summed E-state index contributed by atoms with van der Waals surface area (Å²) < 4.78 is 11.4. The Bertz CT molecular complexity index is 1110. The zero-order valence-corrected chi connectivity index (χ0v) is 17.5. The number of aryl methyl sites for hydroxylation is 1. The van der Waals surface area contributed by atoms with Crippen LogP contribution in [-0.2, 0) is 0 Å². The third-order valence-electron chi connectivity index (χ3n) is 5.55. The summed E-state index contributed by atoms with van der Waals surface area (Å²) in [4.78, 5) is 24.6. The van der Waals surface area contributed by atoms with Gasteiger partial charge >= 0.3 is 5.97 Å². The van der Waals surface area contributed by atoms with E-state index in [-0.39, 0.29) is 23.4 Å². The fourth-order valence-corrected chi connectivity index (χ4v) is 4.02. The summed E-state index contributed by atoms with van der Waals surface area (Å²) in [5.41, 5.74) is 7.45. The molecule has 9 nitrogen and oxygen atoms in total. The van der Waals surface area contributed by atoms with E-state index in [0.717, 1.165) is 25.7 Å². The van der Waals surface area contributed by atoms with Crippen LogP contribution in [0, 0.1) is 6.92 Å². The Labute approximate surface area is 179 Å². The van der Waals surface area contributed by atoms with E-state index in [4.69, 9.17) is 15.2 Å². The molecule has 2 heterocycles. The number of methoxy groups -OCH3 is 1. The van der Waals surface area contributed by atoms with Crippen molar-refractivity contribution in [3.63, 3.8) is 0 Å². The van der Waals surface area contributed by atoms with Gasteiger partial charge in [0.25, 0.3) is 0 Å². The van der Waals surface area contributed by atoms with E-state index >= 15 is 0 Å². The van der Waals surface area contributed by atoms with Gasteiger partial charge in [0.2, 0.25) is 11.8 Å². The van der Waals surface area contributed by atoms with Gasteiger partial charge in [0.15, 0.2) is 0 Å². The summed E-state index contributed by atoms with van der Waals surface area (Å²) in [6.45, 7) is 1.65. The molecule has 0 amide bonds. The minimum Gasteiger partial charge on any atom is -0.490 e. The molecule has 1 aromatic carbocycles. The van der Waals surface area contributed by atoms with Crippen LogP contribution in [0.15, 0.2) is 30.5 Å². The van der Waals surface area contributed by atoms with Crippen LogP contribution in [0.5, 0.6) is 11.6 Å². The fourth-order valence-electron chi connectivity index (χ4n) is 4.02. The minimum atomic E-state index is -1.09. The van der Waals surface area contributed by atoms with Crippen molar-refractivity contribution in [2.75, 3.05) is 18.2 Å². The van der Waals surface area contributed by atoms with E-state index in [0.29, 0.717) is 34.2 Å². The van der Waals surface area contributed by atoms with E-state index < -0.39 is 5.97 Å². The highest BCUT2D eigenvalue weighted by atomic mass is 16.5. The number of pyridine rings is 1. The first-order valence-corrected chi connectivity index (χ1v) is 10.2. The van der Waals surface area contributed by atoms with Gasteiger partial charge < -0.3 is 25.6 Å². The number of carboxylic acids is 1. The standard InChI is InChI=1S/C22H25N5O4/c1-12-18(21(28)29)20(23)19-15(25-12)4-3-5-16(19)31-14-8-6-13(7-9-14)26-22-24-11-10-17(27-22)30-2/h3-5,10-11,13-14H,6-9H2,1-2H3,(H2,23,25)(H,28,29)(H,24,26,27)/t13-,14-. The maximum atomic E-state index is 11.6. The number of benzene rings is 1. The van der Waals surface area contributed by atoms with Gasteiger partial charge in [-0.15, -0.1) is 0 Å². The van der Waals surface area contributed by atoms with Crippen molar-refractivity contribution in [1.29, 1.82) is 0 Å². The molecule has 3 aromatic rings. The number of anilines is 2. The lowest BCUT2D eigenvalue weighted by atomic mass is 9.93. The Balaban J connectivity index is 1.47. The Morgan fingerprint density at radius 2 is 1.97 bits per heavy atom. The van der Waals surface area contributed by atoms with Gasteiger partial charge in [0, 0.05) is 18.3 Å². The average molecular weight is 423 g/mol. The summed E-state index contributed by atoms with van der Waals surface area (Å²) in [6.07, 6.45) is 5.12. The Morgan fingerprint density at radius 1 is 1.19 bits per heavy atom. The Morgan fingerprint density at radius 3 is 2.68 bits per heavy atom. The van der Waals surface area contributed by atoms with Gasteiger partial charge in [-0.1, -0.05) is 6.07 Å². The van der Waals surface area contributed by atoms with Crippen LogP contribution in [0.25, 0.3) is 10.9 Å². The number of nitrogens with zero attached hydrogens (tertiary/aromatic N) is 3. The van der Waals surface area contributed by atoms with E-state index in [1.54, 1.807) is 26.3 Å². The first-order chi connectivity index (χ1) is 15.0. The molecule has 1 saturated carbocycles. The highest BCUT2D eigenvalue weighted by molar-refractivity contribution is 6.06. The van der Waals surface area contributed by atoms with Gasteiger partial charge in [-0.2, -0.15) is 4.98 Å². The summed E-state index contributed by atoms with van der Waals surface area (Å²) in [5, 5.41) is 13.4. The van der Waals surface area contributed by atoms with Crippen LogP contribution in [0.3, 0.4) is 0 Å². The smallest absolute Gasteiger partial charge is 0.339 e. The van der Waals surface area contributed by atoms with Gasteiger partial charge in [-0.05, 0) is 44.7 Å². The number of rotatable bonds is 6. The van der Waals surface area contributed by atoms with Crippen molar-refractivity contribution in [3.05, 3.63) is 41.7 Å². The zero-order chi connectivity index (χ0) is 22.0. The second-order valence-electron chi connectivity index (χ2n) is 7.60. The highest BCUT2D eigenvalue weighted by Crippen LogP contribution is 2.35. The van der Waals surface area contributed by atoms with Gasteiger partial charge in [-0.3, -0.25) is 4.98 Å². The molecule has 0 spiro atoms. The SMILES string of the molecule is COc1ccnc(N[C@H]2CC[C@H](Oc3cccc4nc(C)c(C(=O)O)c(N)c34)CC2)n1. The molecule has 4 rings (SSSR count). The predicted molar refractivity (Wildman–Crippen MR) is 117 cm³/mol. The van der Waals surface area contributed by atoms with E-state index in [1.807, 2.05) is 18.2 Å². The lowest BCUT2D eigenvalue weighted by molar-refractivity contribution is 0.0697. The molecule has 162 valence electrons. The van der Waals surface area contributed by atoms with E-state index in [2.05, 4.69) is 20.3 Å². The summed E-state index contributed by atoms with van der Waals surface area (Å²) >= 11 is 0. The van der Waals surface area contributed by atoms with Crippen LogP contribution >= 0.6 is 0 Å². The Hall–Kier alpha value is -3.62. The van der Waals surface area contributed by atoms with Crippen molar-refractivity contribution >= 4 is 28.5 Å². The number of nitrogens with one attached hydrogen (secondary N) is 1. The molecule has 0 saturated heterocycles. The fraction of sp³-hybridized carbons (Fsp3) is 0.364. The minimum absolute atomic E-state index is 0.00357. The Kier molecular flexibility index (Phi) is 5.75. The number of aromatic nitrogens is 3. The van der Waals surface area contributed by atoms with Crippen molar-refractivity contribution in [1.82, 2.24) is 15.0 Å². The number of nitrogens with two attached hydrogens (primary N) is 1. The zero-order valence-electron chi connectivity index (χ0n) is 17.5. The first kappa shape index (κ1) is 20.6. The molecular formula is C22H25N5O4. The monoisotopic (exact) mass is 423 g/mol. The number of fused-ring (bicyclic) bond motifs is 1. The number of ether oxygens (including phenoxy) is 2. The van der Waals surface area contributed by atoms with Gasteiger partial charge in [0.1, 0.15) is 11.3 Å². The van der Waals surface area contributed by atoms with Crippen molar-refractivity contribution in [2.24, 2.45) is 0 Å². The molecule has 2 aromatic heterocycles. The molecule has 31 heavy (non-hydrogen) atoms. The van der Waals surface area contributed by atoms with E-state index in [9.17, 15) is 9.90 Å². The molecule has 1 aliphatic rings. The van der Waals surface area contributed by atoms with Crippen LogP contribution in [0.1, 0.15) is 41.7 Å². The predicted octanol–water partition coefficient (Wildman–Crippen LogP) is 3.42. The number of carboxylic acid groups (broad SMARTS) is 1. The van der Waals surface area contributed by atoms with Crippen LogP contribution in [-0.4, -0.2) is 45.3 Å². The molecule has 0 atom stereocenters. The number of aromatic carboxylic acids is 1. The largest absolute Gasteiger partial charge is 0.490 e. The van der Waals surface area contributed by atoms with Crippen LogP contribution < -0.4 is 20.5 Å². The molecule has 0 aliphatic heterocycles. The van der Waals surface area contributed by atoms with Crippen LogP contribution in [0.2, 0.25) is 0 Å². The quantitative estimate of drug-likeness (QED) is 0.545. The molecule has 0 radical (unpaired) electrons. The molecule has 4 N–H and O–H groups in total. The molecule has 0 unspecified atom stereocenters. The number of nitrogen functional groups attached to an aromatic ring is 1. The molecular weight excluding hydrogens is 398 g/mol. The summed E-state index contributed by atoms with van der Waals surface area (Å²) in [6, 6.07) is 7.42. The maximum absolute atomic E-state index is 11.6. The summed E-state index contributed by atoms with van der Waals surface area (Å²) in [5.74, 6) is 0.545. The number of carbonyl (C=O) groups is 1. The second-order valence-corrected chi connectivity index (χ2v) is 7.60. The first-order valence-electron chi connectivity index (χ1n) is 10.2. The third kappa shape index (κ3) is 4.30.